The number of hydrogen-bond donors (Lipinski definition) is 0. The van der Waals surface area contributed by atoms with Crippen LogP contribution < -0.4 is 9.47 Å². The molecule has 0 bridgehead atoms. The lowest BCUT2D eigenvalue weighted by atomic mass is 9.94. The summed E-state index contributed by atoms with van der Waals surface area (Å²) >= 11 is 0. The lowest BCUT2D eigenvalue weighted by Gasteiger charge is -2.22. The number of carbonyl (C=O) groups excluding carboxylic acids is 1. The summed E-state index contributed by atoms with van der Waals surface area (Å²) in [6.45, 7) is 1.56. The van der Waals surface area contributed by atoms with Crippen LogP contribution >= 0.6 is 0 Å². The summed E-state index contributed by atoms with van der Waals surface area (Å²) in [5, 5.41) is 8.43. The monoisotopic (exact) mass is 374 g/mol. The molecule has 142 valence electrons. The molecule has 0 aromatic heterocycles. The molecule has 1 aliphatic heterocycles. The fourth-order valence-electron chi connectivity index (χ4n) is 3.71. The Morgan fingerprint density at radius 3 is 2.39 bits per heavy atom. The maximum absolute atomic E-state index is 12.3. The molecular weight excluding hydrogens is 352 g/mol. The minimum atomic E-state index is -0.133. The van der Waals surface area contributed by atoms with Crippen LogP contribution in [0.4, 0.5) is 0 Å². The van der Waals surface area contributed by atoms with Crippen LogP contribution in [0, 0.1) is 0 Å². The van der Waals surface area contributed by atoms with Crippen molar-refractivity contribution in [1.29, 1.82) is 0 Å². The first-order chi connectivity index (χ1) is 13.6. The molecule has 1 heterocycles. The summed E-state index contributed by atoms with van der Waals surface area (Å²) < 4.78 is 10.6. The second-order valence-electron chi connectivity index (χ2n) is 6.79. The molecule has 0 saturated heterocycles. The fraction of sp³-hybridized carbons (Fsp3) is 0.217. The summed E-state index contributed by atoms with van der Waals surface area (Å²) in [6.07, 6.45) is 0.664. The van der Waals surface area contributed by atoms with Gasteiger partial charge in [-0.3, -0.25) is 4.79 Å². The molecule has 1 aliphatic rings. The van der Waals surface area contributed by atoms with Crippen molar-refractivity contribution in [2.24, 2.45) is 5.10 Å². The zero-order chi connectivity index (χ0) is 19.7. The largest absolute Gasteiger partial charge is 0.497 e. The van der Waals surface area contributed by atoms with Gasteiger partial charge in [0, 0.05) is 13.3 Å². The molecule has 3 aromatic rings. The third-order valence-corrected chi connectivity index (χ3v) is 5.14. The van der Waals surface area contributed by atoms with Gasteiger partial charge in [0.2, 0.25) is 5.91 Å². The molecule has 5 nitrogen and oxygen atoms in total. The highest BCUT2D eigenvalue weighted by molar-refractivity contribution is 6.03. The molecule has 0 fully saturated rings. The second-order valence-corrected chi connectivity index (χ2v) is 6.79. The highest BCUT2D eigenvalue weighted by Gasteiger charge is 2.32. The first-order valence-electron chi connectivity index (χ1n) is 9.19. The van der Waals surface area contributed by atoms with Crippen molar-refractivity contribution in [1.82, 2.24) is 5.01 Å². The van der Waals surface area contributed by atoms with Crippen molar-refractivity contribution >= 4 is 22.4 Å². The molecular formula is C23H22N2O3. The normalized spacial score (nSPS) is 16.2. The van der Waals surface area contributed by atoms with Crippen molar-refractivity contribution in [3.05, 3.63) is 71.8 Å². The van der Waals surface area contributed by atoms with Gasteiger partial charge < -0.3 is 9.47 Å². The molecule has 1 amide bonds. The van der Waals surface area contributed by atoms with E-state index in [9.17, 15) is 4.79 Å². The molecule has 0 aliphatic carbocycles. The highest BCUT2D eigenvalue weighted by Crippen LogP contribution is 2.37. The number of methoxy groups -OCH3 is 2. The van der Waals surface area contributed by atoms with E-state index in [2.05, 4.69) is 17.2 Å². The van der Waals surface area contributed by atoms with E-state index >= 15 is 0 Å². The van der Waals surface area contributed by atoms with Crippen LogP contribution in [0.3, 0.4) is 0 Å². The predicted octanol–water partition coefficient (Wildman–Crippen LogP) is 4.55. The third kappa shape index (κ3) is 3.20. The maximum atomic E-state index is 12.3. The van der Waals surface area contributed by atoms with E-state index in [1.54, 1.807) is 26.2 Å². The maximum Gasteiger partial charge on any atom is 0.240 e. The van der Waals surface area contributed by atoms with Gasteiger partial charge in [-0.25, -0.2) is 5.01 Å². The summed E-state index contributed by atoms with van der Waals surface area (Å²) in [6, 6.07) is 19.8. The van der Waals surface area contributed by atoms with Crippen LogP contribution in [0.1, 0.15) is 30.5 Å². The minimum absolute atomic E-state index is 0.0703. The fourth-order valence-corrected chi connectivity index (χ4v) is 3.71. The van der Waals surface area contributed by atoms with Gasteiger partial charge in [-0.1, -0.05) is 24.3 Å². The zero-order valence-corrected chi connectivity index (χ0v) is 16.2. The van der Waals surface area contributed by atoms with Gasteiger partial charge in [-0.15, -0.1) is 0 Å². The SMILES string of the molecule is COc1ccc(C2=NN(C(C)=O)C(c3cccc4cc(OC)ccc34)C2)cc1. The predicted molar refractivity (Wildman–Crippen MR) is 110 cm³/mol. The van der Waals surface area contributed by atoms with Crippen LogP contribution in [0.25, 0.3) is 10.8 Å². The summed E-state index contributed by atoms with van der Waals surface area (Å²) in [4.78, 5) is 12.3. The lowest BCUT2D eigenvalue weighted by molar-refractivity contribution is -0.130. The molecule has 1 atom stereocenters. The van der Waals surface area contributed by atoms with E-state index in [1.807, 2.05) is 48.5 Å². The van der Waals surface area contributed by atoms with Crippen molar-refractivity contribution < 1.29 is 14.3 Å². The molecule has 0 spiro atoms. The van der Waals surface area contributed by atoms with Crippen LogP contribution in [-0.4, -0.2) is 30.8 Å². The molecule has 5 heteroatoms. The third-order valence-electron chi connectivity index (χ3n) is 5.14. The van der Waals surface area contributed by atoms with Crippen LogP contribution in [0.5, 0.6) is 11.5 Å². The number of amides is 1. The van der Waals surface area contributed by atoms with Gasteiger partial charge in [-0.2, -0.15) is 5.10 Å². The van der Waals surface area contributed by atoms with Crippen molar-refractivity contribution in [2.45, 2.75) is 19.4 Å². The average molecular weight is 374 g/mol. The Balaban J connectivity index is 1.73. The average Bonchev–Trinajstić information content (AvgIpc) is 3.18. The van der Waals surface area contributed by atoms with Crippen molar-refractivity contribution in [3.63, 3.8) is 0 Å². The molecule has 28 heavy (non-hydrogen) atoms. The highest BCUT2D eigenvalue weighted by atomic mass is 16.5. The molecule has 0 N–H and O–H groups in total. The number of rotatable bonds is 4. The van der Waals surface area contributed by atoms with Gasteiger partial charge in [0.05, 0.1) is 26.0 Å². The Morgan fingerprint density at radius 1 is 1.00 bits per heavy atom. The number of fused-ring (bicyclic) bond motifs is 1. The second kappa shape index (κ2) is 7.35. The number of hydrogen-bond acceptors (Lipinski definition) is 4. The van der Waals surface area contributed by atoms with Gasteiger partial charge in [0.25, 0.3) is 0 Å². The summed E-state index contributed by atoms with van der Waals surface area (Å²) in [5.41, 5.74) is 2.98. The van der Waals surface area contributed by atoms with E-state index in [4.69, 9.17) is 9.47 Å². The number of carbonyl (C=O) groups is 1. The van der Waals surface area contributed by atoms with Gasteiger partial charge in [-0.05, 0) is 58.3 Å². The van der Waals surface area contributed by atoms with Crippen LogP contribution in [0.15, 0.2) is 65.8 Å². The van der Waals surface area contributed by atoms with E-state index in [0.717, 1.165) is 39.1 Å². The summed E-state index contributed by atoms with van der Waals surface area (Å²) in [5.74, 6) is 1.54. The standard InChI is InChI=1S/C23H22N2O3/c1-15(26)25-23(14-22(24-25)16-7-9-18(27-2)10-8-16)21-6-4-5-17-13-19(28-3)11-12-20(17)21/h4-13,23H,14H2,1-3H3. The molecule has 4 rings (SSSR count). The van der Waals surface area contributed by atoms with Crippen molar-refractivity contribution in [2.75, 3.05) is 14.2 Å². The number of hydrazone groups is 1. The number of nitrogens with zero attached hydrogens (tertiary/aromatic N) is 2. The van der Waals surface area contributed by atoms with Crippen molar-refractivity contribution in [3.8, 4) is 11.5 Å². The first-order valence-corrected chi connectivity index (χ1v) is 9.19. The van der Waals surface area contributed by atoms with Gasteiger partial charge in [0.1, 0.15) is 11.5 Å². The molecule has 1 unspecified atom stereocenters. The lowest BCUT2D eigenvalue weighted by Crippen LogP contribution is -2.24. The molecule has 0 saturated carbocycles. The Kier molecular flexibility index (Phi) is 4.74. The van der Waals surface area contributed by atoms with Gasteiger partial charge >= 0.3 is 0 Å². The molecule has 0 radical (unpaired) electrons. The van der Waals surface area contributed by atoms with E-state index in [-0.39, 0.29) is 11.9 Å². The van der Waals surface area contributed by atoms with Crippen LogP contribution in [0.2, 0.25) is 0 Å². The van der Waals surface area contributed by atoms with E-state index < -0.39 is 0 Å². The Labute approximate surface area is 164 Å². The Hall–Kier alpha value is -3.34. The zero-order valence-electron chi connectivity index (χ0n) is 16.2. The Bertz CT molecular complexity index is 1060. The minimum Gasteiger partial charge on any atom is -0.497 e. The smallest absolute Gasteiger partial charge is 0.240 e. The topological polar surface area (TPSA) is 51.1 Å². The van der Waals surface area contributed by atoms with Gasteiger partial charge in [0.15, 0.2) is 0 Å². The quantitative estimate of drug-likeness (QED) is 0.673. The van der Waals surface area contributed by atoms with E-state index in [1.165, 1.54) is 0 Å². The number of benzene rings is 3. The Morgan fingerprint density at radius 2 is 1.71 bits per heavy atom. The number of ether oxygens (including phenoxy) is 2. The molecule has 3 aromatic carbocycles. The van der Waals surface area contributed by atoms with Crippen LogP contribution in [-0.2, 0) is 4.79 Å². The summed E-state index contributed by atoms with van der Waals surface area (Å²) in [7, 11) is 3.31. The first kappa shape index (κ1) is 18.0. The van der Waals surface area contributed by atoms with E-state index in [0.29, 0.717) is 6.42 Å².